The number of phenolic OH excluding ortho intramolecular Hbond substituents is 1. The van der Waals surface area contributed by atoms with Crippen molar-refractivity contribution >= 4 is 5.82 Å². The Bertz CT molecular complexity index is 503. The summed E-state index contributed by atoms with van der Waals surface area (Å²) in [5.74, 6) is 1.05. The minimum Gasteiger partial charge on any atom is -0.508 e. The number of H-pyrrole nitrogens is 1. The Balaban J connectivity index is 2.56. The van der Waals surface area contributed by atoms with Crippen molar-refractivity contribution in [2.45, 2.75) is 19.8 Å². The second-order valence-corrected chi connectivity index (χ2v) is 4.10. The van der Waals surface area contributed by atoms with Crippen molar-refractivity contribution < 1.29 is 5.11 Å². The lowest BCUT2D eigenvalue weighted by Crippen LogP contribution is -1.95. The molecule has 4 heteroatoms. The van der Waals surface area contributed by atoms with Crippen molar-refractivity contribution in [3.05, 3.63) is 29.8 Å². The Morgan fingerprint density at radius 3 is 2.75 bits per heavy atom. The van der Waals surface area contributed by atoms with E-state index in [0.29, 0.717) is 5.82 Å². The number of aromatic hydroxyl groups is 1. The average molecular weight is 217 g/mol. The van der Waals surface area contributed by atoms with Crippen molar-refractivity contribution in [3.8, 4) is 17.0 Å². The van der Waals surface area contributed by atoms with Gasteiger partial charge in [-0.25, -0.2) is 0 Å². The minimum atomic E-state index is 0.236. The zero-order valence-corrected chi connectivity index (χ0v) is 9.36. The third-order valence-corrected chi connectivity index (χ3v) is 2.55. The molecule has 0 amide bonds. The van der Waals surface area contributed by atoms with Gasteiger partial charge in [-0.1, -0.05) is 26.0 Å². The molecule has 1 aromatic heterocycles. The molecule has 0 aliphatic heterocycles. The molecule has 0 bridgehead atoms. The van der Waals surface area contributed by atoms with Crippen LogP contribution in [-0.2, 0) is 0 Å². The van der Waals surface area contributed by atoms with Gasteiger partial charge in [-0.3, -0.25) is 5.10 Å². The van der Waals surface area contributed by atoms with E-state index < -0.39 is 0 Å². The normalized spacial score (nSPS) is 10.9. The van der Waals surface area contributed by atoms with Crippen LogP contribution < -0.4 is 5.73 Å². The number of rotatable bonds is 2. The highest BCUT2D eigenvalue weighted by atomic mass is 16.3. The molecular formula is C12H15N3O. The lowest BCUT2D eigenvalue weighted by Gasteiger charge is -2.07. The molecule has 0 saturated carbocycles. The van der Waals surface area contributed by atoms with E-state index >= 15 is 0 Å². The molecule has 0 atom stereocenters. The highest BCUT2D eigenvalue weighted by Crippen LogP contribution is 2.32. The van der Waals surface area contributed by atoms with Gasteiger partial charge in [0.25, 0.3) is 0 Å². The summed E-state index contributed by atoms with van der Waals surface area (Å²) >= 11 is 0. The minimum absolute atomic E-state index is 0.236. The fraction of sp³-hybridized carbons (Fsp3) is 0.250. The number of nitrogens with one attached hydrogen (secondary N) is 1. The van der Waals surface area contributed by atoms with Crippen molar-refractivity contribution in [1.82, 2.24) is 10.2 Å². The van der Waals surface area contributed by atoms with E-state index in [1.165, 1.54) is 0 Å². The zero-order valence-electron chi connectivity index (χ0n) is 9.36. The van der Waals surface area contributed by atoms with E-state index in [9.17, 15) is 5.11 Å². The highest BCUT2D eigenvalue weighted by Gasteiger charge is 2.15. The van der Waals surface area contributed by atoms with Crippen molar-refractivity contribution in [2.75, 3.05) is 5.73 Å². The van der Waals surface area contributed by atoms with Crippen LogP contribution in [-0.4, -0.2) is 15.3 Å². The lowest BCUT2D eigenvalue weighted by atomic mass is 9.98. The lowest BCUT2D eigenvalue weighted by molar-refractivity contribution is 0.475. The molecule has 0 saturated heterocycles. The van der Waals surface area contributed by atoms with Gasteiger partial charge in [0.05, 0.1) is 5.69 Å². The Labute approximate surface area is 94.1 Å². The number of phenols is 1. The van der Waals surface area contributed by atoms with Crippen LogP contribution in [0.4, 0.5) is 5.82 Å². The van der Waals surface area contributed by atoms with Crippen molar-refractivity contribution in [2.24, 2.45) is 0 Å². The Hall–Kier alpha value is -1.97. The summed E-state index contributed by atoms with van der Waals surface area (Å²) in [6.07, 6.45) is 0. The van der Waals surface area contributed by atoms with Crippen LogP contribution in [0.5, 0.6) is 5.75 Å². The first-order chi connectivity index (χ1) is 7.59. The van der Waals surface area contributed by atoms with Crippen LogP contribution in [0.3, 0.4) is 0 Å². The molecule has 4 nitrogen and oxygen atoms in total. The van der Waals surface area contributed by atoms with Crippen LogP contribution in [0.25, 0.3) is 11.3 Å². The summed E-state index contributed by atoms with van der Waals surface area (Å²) in [6.45, 7) is 4.13. The molecule has 0 fully saturated rings. The number of anilines is 1. The predicted octanol–water partition coefficient (Wildman–Crippen LogP) is 2.49. The van der Waals surface area contributed by atoms with E-state index in [-0.39, 0.29) is 11.7 Å². The number of hydrogen-bond acceptors (Lipinski definition) is 3. The molecule has 0 aliphatic rings. The first kappa shape index (κ1) is 10.5. The Kier molecular flexibility index (Phi) is 2.56. The fourth-order valence-electron chi connectivity index (χ4n) is 1.83. The second-order valence-electron chi connectivity index (χ2n) is 4.10. The van der Waals surface area contributed by atoms with Crippen molar-refractivity contribution in [1.29, 1.82) is 0 Å². The van der Waals surface area contributed by atoms with E-state index in [1.54, 1.807) is 18.2 Å². The van der Waals surface area contributed by atoms with Gasteiger partial charge < -0.3 is 10.8 Å². The van der Waals surface area contributed by atoms with E-state index in [1.807, 2.05) is 6.07 Å². The van der Waals surface area contributed by atoms with Crippen LogP contribution in [0, 0.1) is 0 Å². The number of benzene rings is 1. The fourth-order valence-corrected chi connectivity index (χ4v) is 1.83. The summed E-state index contributed by atoms with van der Waals surface area (Å²) in [7, 11) is 0. The maximum atomic E-state index is 9.45. The van der Waals surface area contributed by atoms with Crippen LogP contribution >= 0.6 is 0 Å². The number of nitrogen functional groups attached to an aromatic ring is 1. The quantitative estimate of drug-likeness (QED) is 0.723. The van der Waals surface area contributed by atoms with Gasteiger partial charge in [0.2, 0.25) is 0 Å². The number of hydrogen-bond donors (Lipinski definition) is 3. The predicted molar refractivity (Wildman–Crippen MR) is 64.2 cm³/mol. The van der Waals surface area contributed by atoms with Crippen LogP contribution in [0.2, 0.25) is 0 Å². The molecule has 0 aliphatic carbocycles. The van der Waals surface area contributed by atoms with Gasteiger partial charge >= 0.3 is 0 Å². The average Bonchev–Trinajstić information content (AvgIpc) is 2.60. The molecule has 2 aromatic rings. The van der Waals surface area contributed by atoms with Crippen LogP contribution in [0.15, 0.2) is 24.3 Å². The first-order valence-corrected chi connectivity index (χ1v) is 5.22. The molecule has 84 valence electrons. The molecule has 0 unspecified atom stereocenters. The van der Waals surface area contributed by atoms with Gasteiger partial charge in [0.15, 0.2) is 0 Å². The summed E-state index contributed by atoms with van der Waals surface area (Å²) < 4.78 is 0. The molecular weight excluding hydrogens is 202 g/mol. The van der Waals surface area contributed by atoms with E-state index in [4.69, 9.17) is 5.73 Å². The van der Waals surface area contributed by atoms with Gasteiger partial charge in [-0.2, -0.15) is 5.10 Å². The second kappa shape index (κ2) is 3.89. The molecule has 4 N–H and O–H groups in total. The smallest absolute Gasteiger partial charge is 0.149 e. The third-order valence-electron chi connectivity index (χ3n) is 2.55. The largest absolute Gasteiger partial charge is 0.508 e. The van der Waals surface area contributed by atoms with Crippen LogP contribution in [0.1, 0.15) is 25.3 Å². The van der Waals surface area contributed by atoms with Gasteiger partial charge in [0, 0.05) is 11.1 Å². The Morgan fingerprint density at radius 2 is 2.12 bits per heavy atom. The maximum Gasteiger partial charge on any atom is 0.149 e. The number of aromatic nitrogens is 2. The highest BCUT2D eigenvalue weighted by molar-refractivity contribution is 5.69. The topological polar surface area (TPSA) is 74.9 Å². The molecule has 1 aromatic carbocycles. The number of aromatic amines is 1. The third kappa shape index (κ3) is 1.74. The van der Waals surface area contributed by atoms with E-state index in [0.717, 1.165) is 16.8 Å². The summed E-state index contributed by atoms with van der Waals surface area (Å²) in [4.78, 5) is 0. The number of nitrogens with zero attached hydrogens (tertiary/aromatic N) is 1. The summed E-state index contributed by atoms with van der Waals surface area (Å²) in [5.41, 5.74) is 8.58. The molecule has 16 heavy (non-hydrogen) atoms. The van der Waals surface area contributed by atoms with Gasteiger partial charge in [0.1, 0.15) is 11.6 Å². The summed E-state index contributed by atoms with van der Waals surface area (Å²) in [6, 6.07) is 7.04. The molecule has 0 radical (unpaired) electrons. The molecule has 0 spiro atoms. The summed E-state index contributed by atoms with van der Waals surface area (Å²) in [5, 5.41) is 16.4. The monoisotopic (exact) mass is 217 g/mol. The molecule has 1 heterocycles. The maximum absolute atomic E-state index is 9.45. The Morgan fingerprint density at radius 1 is 1.38 bits per heavy atom. The van der Waals surface area contributed by atoms with Gasteiger partial charge in [-0.15, -0.1) is 0 Å². The molecule has 2 rings (SSSR count). The zero-order chi connectivity index (χ0) is 11.7. The SMILES string of the molecule is CC(C)c1c(N)n[nH]c1-c1cccc(O)c1. The number of nitrogens with two attached hydrogens (primary N) is 1. The standard InChI is InChI=1S/C12H15N3O/c1-7(2)10-11(14-15-12(10)13)8-4-3-5-9(16)6-8/h3-7,16H,1-2H3,(H3,13,14,15). The van der Waals surface area contributed by atoms with Gasteiger partial charge in [-0.05, 0) is 18.1 Å². The first-order valence-electron chi connectivity index (χ1n) is 5.22. The van der Waals surface area contributed by atoms with Crippen molar-refractivity contribution in [3.63, 3.8) is 0 Å². The van der Waals surface area contributed by atoms with E-state index in [2.05, 4.69) is 24.0 Å².